The molecule has 1 atom stereocenters. The van der Waals surface area contributed by atoms with Gasteiger partial charge >= 0.3 is 0 Å². The highest BCUT2D eigenvalue weighted by molar-refractivity contribution is 7.99. The molecular formula is C15H21N5O4S2. The summed E-state index contributed by atoms with van der Waals surface area (Å²) < 4.78 is 30.8. The zero-order valence-corrected chi connectivity index (χ0v) is 16.1. The minimum atomic E-state index is -3.47. The van der Waals surface area contributed by atoms with Crippen molar-refractivity contribution in [3.8, 4) is 5.75 Å². The van der Waals surface area contributed by atoms with E-state index < -0.39 is 16.1 Å². The molecule has 9 nitrogen and oxygen atoms in total. The molecule has 2 aromatic rings. The predicted molar refractivity (Wildman–Crippen MR) is 98.4 cm³/mol. The Morgan fingerprint density at radius 1 is 1.35 bits per heavy atom. The van der Waals surface area contributed by atoms with Crippen molar-refractivity contribution in [2.24, 2.45) is 0 Å². The minimum Gasteiger partial charge on any atom is -0.497 e. The summed E-state index contributed by atoms with van der Waals surface area (Å²) in [5.74, 6) is 1.02. The van der Waals surface area contributed by atoms with E-state index in [1.165, 1.54) is 18.1 Å². The molecule has 11 heteroatoms. The van der Waals surface area contributed by atoms with Gasteiger partial charge in [-0.2, -0.15) is 5.10 Å². The quantitative estimate of drug-likeness (QED) is 0.396. The maximum atomic E-state index is 12.2. The highest BCUT2D eigenvalue weighted by atomic mass is 32.2. The molecule has 0 aliphatic carbocycles. The summed E-state index contributed by atoms with van der Waals surface area (Å²) in [5, 5.41) is 9.90. The molecule has 0 unspecified atom stereocenters. The van der Waals surface area contributed by atoms with Crippen LogP contribution in [0.2, 0.25) is 0 Å². The first-order chi connectivity index (χ1) is 12.4. The number of amides is 1. The van der Waals surface area contributed by atoms with Crippen LogP contribution in [0.4, 0.5) is 0 Å². The maximum Gasteiger partial charge on any atom is 0.221 e. The second-order valence-electron chi connectivity index (χ2n) is 5.41. The summed E-state index contributed by atoms with van der Waals surface area (Å²) >= 11 is 1.43. The van der Waals surface area contributed by atoms with Gasteiger partial charge in [-0.3, -0.25) is 9.89 Å². The number of methoxy groups -OCH3 is 1. The average Bonchev–Trinajstić information content (AvgIpc) is 3.10. The number of sulfonamides is 1. The van der Waals surface area contributed by atoms with Crippen molar-refractivity contribution in [3.05, 3.63) is 36.2 Å². The van der Waals surface area contributed by atoms with E-state index in [1.54, 1.807) is 31.4 Å². The molecule has 0 spiro atoms. The topological polar surface area (TPSA) is 126 Å². The monoisotopic (exact) mass is 399 g/mol. The molecule has 0 radical (unpaired) electrons. The lowest BCUT2D eigenvalue weighted by molar-refractivity contribution is -0.121. The number of hydrogen-bond donors (Lipinski definition) is 3. The molecule has 1 aromatic carbocycles. The van der Waals surface area contributed by atoms with E-state index in [4.69, 9.17) is 4.74 Å². The molecular weight excluding hydrogens is 378 g/mol. The largest absolute Gasteiger partial charge is 0.497 e. The van der Waals surface area contributed by atoms with Crippen molar-refractivity contribution in [3.63, 3.8) is 0 Å². The number of carbonyl (C=O) groups is 1. The first-order valence-corrected chi connectivity index (χ1v) is 10.6. The Hall–Kier alpha value is -2.11. The van der Waals surface area contributed by atoms with E-state index in [9.17, 15) is 13.2 Å². The zero-order chi connectivity index (χ0) is 19.0. The third-order valence-corrected chi connectivity index (χ3v) is 4.91. The summed E-state index contributed by atoms with van der Waals surface area (Å²) in [6, 6.07) is 6.25. The van der Waals surface area contributed by atoms with E-state index >= 15 is 0 Å². The summed E-state index contributed by atoms with van der Waals surface area (Å²) in [4.78, 5) is 16.2. The number of nitrogens with zero attached hydrogens (tertiary/aromatic N) is 2. The van der Waals surface area contributed by atoms with E-state index in [1.807, 2.05) is 0 Å². The van der Waals surface area contributed by atoms with Gasteiger partial charge in [-0.05, 0) is 17.7 Å². The Morgan fingerprint density at radius 2 is 2.08 bits per heavy atom. The van der Waals surface area contributed by atoms with Crippen molar-refractivity contribution in [1.29, 1.82) is 0 Å². The van der Waals surface area contributed by atoms with Crippen LogP contribution in [-0.2, 0) is 14.8 Å². The fourth-order valence-corrected chi connectivity index (χ4v) is 3.55. The fraction of sp³-hybridized carbons (Fsp3) is 0.400. The molecule has 0 saturated heterocycles. The Balaban J connectivity index is 1.90. The summed E-state index contributed by atoms with van der Waals surface area (Å²) in [5.41, 5.74) is 0.683. The SMILES string of the molecule is COc1ccc([C@@H](CC(=O)NCCSc2ncn[nH]2)NS(C)(=O)=O)cc1. The van der Waals surface area contributed by atoms with Crippen LogP contribution in [0.1, 0.15) is 18.0 Å². The Kier molecular flexibility index (Phi) is 7.42. The van der Waals surface area contributed by atoms with Gasteiger partial charge in [0, 0.05) is 18.7 Å². The Bertz CT molecular complexity index is 794. The van der Waals surface area contributed by atoms with Crippen LogP contribution in [-0.4, -0.2) is 55.2 Å². The van der Waals surface area contributed by atoms with Crippen molar-refractivity contribution in [2.75, 3.05) is 25.7 Å². The number of H-pyrrole nitrogens is 1. The smallest absolute Gasteiger partial charge is 0.221 e. The van der Waals surface area contributed by atoms with E-state index in [0.29, 0.717) is 28.8 Å². The number of aromatic amines is 1. The number of nitrogens with one attached hydrogen (secondary N) is 3. The number of rotatable bonds is 10. The number of thioether (sulfide) groups is 1. The molecule has 1 aromatic heterocycles. The van der Waals surface area contributed by atoms with Crippen LogP contribution in [0.5, 0.6) is 5.75 Å². The summed E-state index contributed by atoms with van der Waals surface area (Å²) in [6.45, 7) is 0.429. The number of ether oxygens (including phenoxy) is 1. The van der Waals surface area contributed by atoms with Crippen molar-refractivity contribution >= 4 is 27.7 Å². The zero-order valence-electron chi connectivity index (χ0n) is 14.4. The average molecular weight is 399 g/mol. The van der Waals surface area contributed by atoms with E-state index in [-0.39, 0.29) is 12.3 Å². The Labute approximate surface area is 156 Å². The van der Waals surface area contributed by atoms with Crippen LogP contribution in [0, 0.1) is 0 Å². The summed E-state index contributed by atoms with van der Waals surface area (Å²) in [6.07, 6.45) is 2.47. The predicted octanol–water partition coefficient (Wildman–Crippen LogP) is 0.702. The minimum absolute atomic E-state index is 0.00757. The summed E-state index contributed by atoms with van der Waals surface area (Å²) in [7, 11) is -1.93. The molecule has 1 amide bonds. The van der Waals surface area contributed by atoms with Gasteiger partial charge < -0.3 is 10.1 Å². The van der Waals surface area contributed by atoms with Gasteiger partial charge in [0.1, 0.15) is 12.1 Å². The third-order valence-electron chi connectivity index (χ3n) is 3.32. The van der Waals surface area contributed by atoms with Gasteiger partial charge in [0.25, 0.3) is 0 Å². The first kappa shape index (κ1) is 20.2. The second-order valence-corrected chi connectivity index (χ2v) is 8.27. The molecule has 0 saturated carbocycles. The van der Waals surface area contributed by atoms with Crippen LogP contribution < -0.4 is 14.8 Å². The molecule has 3 N–H and O–H groups in total. The molecule has 0 bridgehead atoms. The number of aromatic nitrogens is 3. The molecule has 2 rings (SSSR count). The van der Waals surface area contributed by atoms with Crippen LogP contribution in [0.25, 0.3) is 0 Å². The Morgan fingerprint density at radius 3 is 2.65 bits per heavy atom. The van der Waals surface area contributed by atoms with Gasteiger partial charge in [0.05, 0.1) is 19.4 Å². The lowest BCUT2D eigenvalue weighted by atomic mass is 10.0. The van der Waals surface area contributed by atoms with Crippen LogP contribution in [0.3, 0.4) is 0 Å². The normalized spacial score (nSPS) is 12.5. The third kappa shape index (κ3) is 7.02. The fourth-order valence-electron chi connectivity index (χ4n) is 2.18. The van der Waals surface area contributed by atoms with Crippen molar-refractivity contribution in [2.45, 2.75) is 17.6 Å². The maximum absolute atomic E-state index is 12.2. The first-order valence-electron chi connectivity index (χ1n) is 7.73. The van der Waals surface area contributed by atoms with Crippen LogP contribution in [0.15, 0.2) is 35.7 Å². The lowest BCUT2D eigenvalue weighted by Crippen LogP contribution is -2.34. The van der Waals surface area contributed by atoms with Gasteiger partial charge in [-0.15, -0.1) is 0 Å². The molecule has 0 fully saturated rings. The van der Waals surface area contributed by atoms with E-state index in [2.05, 4.69) is 25.2 Å². The van der Waals surface area contributed by atoms with Crippen molar-refractivity contribution in [1.82, 2.24) is 25.2 Å². The van der Waals surface area contributed by atoms with E-state index in [0.717, 1.165) is 6.26 Å². The van der Waals surface area contributed by atoms with Crippen LogP contribution >= 0.6 is 11.8 Å². The second kappa shape index (κ2) is 9.55. The molecule has 1 heterocycles. The lowest BCUT2D eigenvalue weighted by Gasteiger charge is -2.18. The van der Waals surface area contributed by atoms with Gasteiger partial charge in [-0.1, -0.05) is 23.9 Å². The standard InChI is InChI=1S/C15H21N5O4S2/c1-24-12-5-3-11(4-6-12)13(20-26(2,22)23)9-14(21)16-7-8-25-15-17-10-18-19-15/h3-6,10,13,20H,7-9H2,1-2H3,(H,16,21)(H,17,18,19)/t13-/m1/s1. The molecule has 0 aliphatic heterocycles. The highest BCUT2D eigenvalue weighted by Gasteiger charge is 2.19. The molecule has 142 valence electrons. The molecule has 26 heavy (non-hydrogen) atoms. The number of carbonyl (C=O) groups excluding carboxylic acids is 1. The van der Waals surface area contributed by atoms with Gasteiger partial charge in [-0.25, -0.2) is 18.1 Å². The molecule has 0 aliphatic rings. The van der Waals surface area contributed by atoms with Gasteiger partial charge in [0.2, 0.25) is 15.9 Å². The van der Waals surface area contributed by atoms with Crippen molar-refractivity contribution < 1.29 is 17.9 Å². The number of hydrogen-bond acceptors (Lipinski definition) is 7. The van der Waals surface area contributed by atoms with Gasteiger partial charge in [0.15, 0.2) is 5.16 Å². The number of benzene rings is 1. The highest BCUT2D eigenvalue weighted by Crippen LogP contribution is 2.21.